The summed E-state index contributed by atoms with van der Waals surface area (Å²) < 4.78 is 65.6. The fraction of sp³-hybridized carbons (Fsp3) is 0.171. The van der Waals surface area contributed by atoms with Gasteiger partial charge in [-0.3, -0.25) is 18.7 Å². The second-order valence-electron chi connectivity index (χ2n) is 12.1. The standard InChI is InChI=1S/C35H30N4O11S2/c40-29-15-7-19-5-13-25(51(45,46)47)17-27(19)31(29)38-33(42)21-1-9-23(10-2-21)36-35(44)37-24-11-3-22(4-12-24)34(43)39-32-28-18-26(52(48,49)50)14-6-20(28)8-16-30(32)41/h1-6,9-16,27-28,40-41H,7-8,17-18H2,(H2,36,37,44)(H,45,46,47)(H,48,49,50). The Morgan fingerprint density at radius 3 is 1.31 bits per heavy atom. The molecule has 2 atom stereocenters. The number of anilines is 2. The summed E-state index contributed by atoms with van der Waals surface area (Å²) in [6.45, 7) is 0. The summed E-state index contributed by atoms with van der Waals surface area (Å²) in [5, 5.41) is 26.1. The number of allylic oxidation sites excluding steroid dienone is 12. The molecule has 0 saturated heterocycles. The first-order valence-electron chi connectivity index (χ1n) is 15.6. The summed E-state index contributed by atoms with van der Waals surface area (Å²) >= 11 is 0. The van der Waals surface area contributed by atoms with Crippen LogP contribution in [-0.2, 0) is 20.2 Å². The Hall–Kier alpha value is -5.75. The first-order valence-corrected chi connectivity index (χ1v) is 18.5. The SMILES string of the molecule is O=C(Nc1ccc(C(=O)N=C2C(O)=CCC3=CC=C(S(=O)(=O)O)CC32)cc1)Nc1ccc(C(=O)N=C2C(O)=CCC3=CC=C(S(=O)(=O)O)CC32)cc1. The molecule has 0 saturated carbocycles. The number of aliphatic hydroxyl groups is 2. The Balaban J connectivity index is 1.07. The third-order valence-electron chi connectivity index (χ3n) is 8.81. The van der Waals surface area contributed by atoms with Gasteiger partial charge >= 0.3 is 6.03 Å². The second-order valence-corrected chi connectivity index (χ2v) is 15.1. The van der Waals surface area contributed by atoms with Crippen molar-refractivity contribution in [3.05, 3.63) is 129 Å². The molecule has 17 heteroatoms. The van der Waals surface area contributed by atoms with Gasteiger partial charge in [0, 0.05) is 34.3 Å². The summed E-state index contributed by atoms with van der Waals surface area (Å²) in [5.41, 5.74) is 2.27. The summed E-state index contributed by atoms with van der Waals surface area (Å²) in [5.74, 6) is -3.41. The van der Waals surface area contributed by atoms with Crippen LogP contribution in [0.5, 0.6) is 0 Å². The van der Waals surface area contributed by atoms with E-state index in [1.165, 1.54) is 85.0 Å². The van der Waals surface area contributed by atoms with Gasteiger partial charge in [-0.1, -0.05) is 23.3 Å². The van der Waals surface area contributed by atoms with Crippen molar-refractivity contribution >= 4 is 60.9 Å². The summed E-state index contributed by atoms with van der Waals surface area (Å²) in [6.07, 6.45) is 8.84. The molecule has 0 bridgehead atoms. The smallest absolute Gasteiger partial charge is 0.323 e. The number of rotatable bonds is 6. The molecule has 4 aliphatic carbocycles. The van der Waals surface area contributed by atoms with Crippen LogP contribution in [0.15, 0.2) is 127 Å². The van der Waals surface area contributed by atoms with Crippen LogP contribution in [0, 0.1) is 11.8 Å². The number of benzene rings is 2. The van der Waals surface area contributed by atoms with Gasteiger partial charge in [-0.2, -0.15) is 16.8 Å². The Bertz CT molecular complexity index is 2200. The largest absolute Gasteiger partial charge is 0.506 e. The first kappa shape index (κ1) is 36.1. The number of aliphatic hydroxyl groups excluding tert-OH is 2. The lowest BCUT2D eigenvalue weighted by Crippen LogP contribution is -2.27. The average Bonchev–Trinajstić information content (AvgIpc) is 3.10. The number of aliphatic imine (C=N–C) groups is 2. The van der Waals surface area contributed by atoms with E-state index in [9.17, 15) is 50.5 Å². The number of hydrogen-bond acceptors (Lipinski definition) is 9. The van der Waals surface area contributed by atoms with Gasteiger partial charge in [-0.25, -0.2) is 14.8 Å². The van der Waals surface area contributed by atoms with Crippen molar-refractivity contribution < 1.29 is 50.5 Å². The number of nitrogens with zero attached hydrogens (tertiary/aromatic N) is 2. The van der Waals surface area contributed by atoms with Crippen LogP contribution in [0.1, 0.15) is 46.4 Å². The van der Waals surface area contributed by atoms with Gasteiger partial charge in [0.05, 0.1) is 21.2 Å². The Labute approximate surface area is 297 Å². The van der Waals surface area contributed by atoms with E-state index in [1.54, 1.807) is 0 Å². The molecule has 0 fully saturated rings. The third kappa shape index (κ3) is 7.92. The van der Waals surface area contributed by atoms with E-state index < -0.39 is 49.9 Å². The lowest BCUT2D eigenvalue weighted by atomic mass is 9.81. The van der Waals surface area contributed by atoms with Crippen molar-refractivity contribution in [3.63, 3.8) is 0 Å². The van der Waals surface area contributed by atoms with Crippen LogP contribution >= 0.6 is 0 Å². The lowest BCUT2D eigenvalue weighted by Gasteiger charge is -2.28. The van der Waals surface area contributed by atoms with E-state index in [0.717, 1.165) is 11.1 Å². The van der Waals surface area contributed by atoms with Crippen LogP contribution in [0.4, 0.5) is 16.2 Å². The highest BCUT2D eigenvalue weighted by atomic mass is 32.2. The van der Waals surface area contributed by atoms with E-state index in [-0.39, 0.29) is 56.7 Å². The molecule has 2 aromatic rings. The van der Waals surface area contributed by atoms with Crippen molar-refractivity contribution in [3.8, 4) is 0 Å². The van der Waals surface area contributed by atoms with Crippen molar-refractivity contribution in [2.24, 2.45) is 21.8 Å². The van der Waals surface area contributed by atoms with Crippen molar-refractivity contribution in [1.82, 2.24) is 0 Å². The fourth-order valence-corrected chi connectivity index (χ4v) is 7.31. The predicted molar refractivity (Wildman–Crippen MR) is 191 cm³/mol. The van der Waals surface area contributed by atoms with Crippen LogP contribution < -0.4 is 10.6 Å². The topological polar surface area (TPSA) is 249 Å². The van der Waals surface area contributed by atoms with Crippen LogP contribution in [0.3, 0.4) is 0 Å². The minimum absolute atomic E-state index is 0.0235. The Kier molecular flexibility index (Phi) is 9.78. The van der Waals surface area contributed by atoms with E-state index in [2.05, 4.69) is 20.6 Å². The van der Waals surface area contributed by atoms with Crippen molar-refractivity contribution in [1.29, 1.82) is 0 Å². The molecule has 6 rings (SSSR count). The van der Waals surface area contributed by atoms with Gasteiger partial charge in [-0.15, -0.1) is 0 Å². The van der Waals surface area contributed by atoms with Crippen molar-refractivity contribution in [2.45, 2.75) is 25.7 Å². The quantitative estimate of drug-likeness (QED) is 0.198. The summed E-state index contributed by atoms with van der Waals surface area (Å²) in [6, 6.07) is 10.8. The van der Waals surface area contributed by atoms with Gasteiger partial charge in [0.15, 0.2) is 0 Å². The number of carbonyl (C=O) groups excluding carboxylic acids is 3. The zero-order valence-electron chi connectivity index (χ0n) is 26.9. The number of hydrogen-bond donors (Lipinski definition) is 6. The van der Waals surface area contributed by atoms with Gasteiger partial charge in [0.25, 0.3) is 32.1 Å². The summed E-state index contributed by atoms with van der Waals surface area (Å²) in [4.78, 5) is 46.2. The molecule has 52 heavy (non-hydrogen) atoms. The molecule has 6 N–H and O–H groups in total. The normalized spacial score (nSPS) is 21.7. The number of fused-ring (bicyclic) bond motifs is 2. The van der Waals surface area contributed by atoms with E-state index in [4.69, 9.17) is 0 Å². The lowest BCUT2D eigenvalue weighted by molar-refractivity contribution is 0.0993. The molecule has 0 radical (unpaired) electrons. The van der Waals surface area contributed by atoms with Gasteiger partial charge in [0.2, 0.25) is 0 Å². The molecule has 0 spiro atoms. The Morgan fingerprint density at radius 1 is 0.596 bits per heavy atom. The van der Waals surface area contributed by atoms with E-state index >= 15 is 0 Å². The monoisotopic (exact) mass is 746 g/mol. The highest BCUT2D eigenvalue weighted by molar-refractivity contribution is 7.90. The van der Waals surface area contributed by atoms with Crippen molar-refractivity contribution in [2.75, 3.05) is 10.6 Å². The molecule has 268 valence electrons. The molecule has 4 amide bonds. The first-order chi connectivity index (χ1) is 24.6. The zero-order chi connectivity index (χ0) is 37.4. The van der Waals surface area contributed by atoms with E-state index in [0.29, 0.717) is 24.2 Å². The third-order valence-corrected chi connectivity index (χ3v) is 10.7. The number of carbonyl (C=O) groups is 3. The molecule has 2 unspecified atom stereocenters. The Morgan fingerprint density at radius 2 is 0.962 bits per heavy atom. The molecule has 0 heterocycles. The fourth-order valence-electron chi connectivity index (χ4n) is 6.08. The second kappa shape index (κ2) is 14.1. The zero-order valence-corrected chi connectivity index (χ0v) is 28.6. The molecular weight excluding hydrogens is 717 g/mol. The maximum atomic E-state index is 13.0. The van der Waals surface area contributed by atoms with Crippen LogP contribution in [-0.4, -0.2) is 65.4 Å². The maximum absolute atomic E-state index is 13.0. The predicted octanol–water partition coefficient (Wildman–Crippen LogP) is 5.62. The molecule has 2 aromatic carbocycles. The van der Waals surface area contributed by atoms with Gasteiger partial charge in [-0.05, 0) is 98.5 Å². The van der Waals surface area contributed by atoms with Crippen LogP contribution in [0.25, 0.3) is 0 Å². The number of nitrogens with one attached hydrogen (secondary N) is 2. The minimum Gasteiger partial charge on any atom is -0.506 e. The molecular formula is C35H30N4O11S2. The number of urea groups is 1. The van der Waals surface area contributed by atoms with Crippen LogP contribution in [0.2, 0.25) is 0 Å². The highest BCUT2D eigenvalue weighted by Gasteiger charge is 2.35. The van der Waals surface area contributed by atoms with Gasteiger partial charge in [0.1, 0.15) is 11.5 Å². The van der Waals surface area contributed by atoms with Gasteiger partial charge < -0.3 is 20.8 Å². The molecule has 4 aliphatic rings. The molecule has 15 nitrogen and oxygen atoms in total. The maximum Gasteiger partial charge on any atom is 0.323 e. The minimum atomic E-state index is -4.47. The molecule has 0 aliphatic heterocycles. The molecule has 0 aromatic heterocycles. The number of amides is 4. The van der Waals surface area contributed by atoms with E-state index in [1.807, 2.05) is 0 Å². The summed E-state index contributed by atoms with van der Waals surface area (Å²) in [7, 11) is -8.94. The average molecular weight is 747 g/mol. The highest BCUT2D eigenvalue weighted by Crippen LogP contribution is 2.37.